The van der Waals surface area contributed by atoms with Crippen LogP contribution in [0, 0.1) is 5.92 Å². The van der Waals surface area contributed by atoms with Crippen LogP contribution in [0.1, 0.15) is 0 Å². The van der Waals surface area contributed by atoms with Gasteiger partial charge in [0.25, 0.3) is 5.91 Å². The van der Waals surface area contributed by atoms with Crippen LogP contribution in [0.4, 0.5) is 10.5 Å². The second kappa shape index (κ2) is 8.74. The smallest absolute Gasteiger partial charge is 0.335 e. The summed E-state index contributed by atoms with van der Waals surface area (Å²) >= 11 is 0. The van der Waals surface area contributed by atoms with Crippen molar-refractivity contribution in [2.45, 2.75) is 0 Å². The average molecular weight is 375 g/mol. The van der Waals surface area contributed by atoms with Gasteiger partial charge < -0.3 is 14.4 Å². The van der Waals surface area contributed by atoms with Gasteiger partial charge in [-0.05, 0) is 12.1 Å². The molecule has 1 atom stereocenters. The number of amides is 4. The van der Waals surface area contributed by atoms with E-state index >= 15 is 0 Å². The van der Waals surface area contributed by atoms with Crippen LogP contribution in [-0.2, 0) is 14.3 Å². The van der Waals surface area contributed by atoms with Gasteiger partial charge in [0.1, 0.15) is 18.8 Å². The molecule has 0 aliphatic carbocycles. The van der Waals surface area contributed by atoms with E-state index in [-0.39, 0.29) is 0 Å². The van der Waals surface area contributed by atoms with E-state index in [0.29, 0.717) is 18.0 Å². The van der Waals surface area contributed by atoms with Gasteiger partial charge >= 0.3 is 6.03 Å². The predicted octanol–water partition coefficient (Wildman–Crippen LogP) is -1.12. The number of quaternary nitrogens is 1. The number of ether oxygens (including phenoxy) is 2. The van der Waals surface area contributed by atoms with E-state index in [1.165, 1.54) is 18.2 Å². The van der Waals surface area contributed by atoms with Crippen LogP contribution in [0.25, 0.3) is 0 Å². The number of urea groups is 1. The molecule has 1 aromatic rings. The third-order valence-corrected chi connectivity index (χ3v) is 4.56. The van der Waals surface area contributed by atoms with E-state index in [4.69, 9.17) is 9.47 Å². The highest BCUT2D eigenvalue weighted by atomic mass is 16.5. The van der Waals surface area contributed by atoms with E-state index in [2.05, 4.69) is 10.3 Å². The summed E-state index contributed by atoms with van der Waals surface area (Å²) in [6.45, 7) is 4.63. The average Bonchev–Trinajstić information content (AvgIpc) is 2.68. The zero-order valence-electron chi connectivity index (χ0n) is 15.1. The molecular weight excluding hydrogens is 352 g/mol. The SMILES string of the molecule is COc1cccc(N2C(=O)NC(=O)[C@H](C=NCC[NH+]3CCOCC3)C2=O)c1. The van der Waals surface area contributed by atoms with Gasteiger partial charge in [0.15, 0.2) is 5.92 Å². The first kappa shape index (κ1) is 19.0. The number of carbonyl (C=O) groups excluding carboxylic acids is 3. The van der Waals surface area contributed by atoms with E-state index in [0.717, 1.165) is 37.7 Å². The quantitative estimate of drug-likeness (QED) is 0.485. The number of morpholine rings is 1. The predicted molar refractivity (Wildman–Crippen MR) is 97.3 cm³/mol. The lowest BCUT2D eigenvalue weighted by molar-refractivity contribution is -0.906. The Hall–Kier alpha value is -2.78. The lowest BCUT2D eigenvalue weighted by Gasteiger charge is -2.28. The van der Waals surface area contributed by atoms with Crippen molar-refractivity contribution in [2.24, 2.45) is 10.9 Å². The van der Waals surface area contributed by atoms with Crippen molar-refractivity contribution in [1.82, 2.24) is 5.32 Å². The first-order chi connectivity index (χ1) is 13.1. The van der Waals surface area contributed by atoms with Crippen LogP contribution in [-0.4, -0.2) is 70.6 Å². The van der Waals surface area contributed by atoms with Crippen molar-refractivity contribution in [3.8, 4) is 5.75 Å². The third-order valence-electron chi connectivity index (χ3n) is 4.56. The highest BCUT2D eigenvalue weighted by molar-refractivity contribution is 6.32. The number of hydrogen-bond donors (Lipinski definition) is 2. The first-order valence-corrected chi connectivity index (χ1v) is 8.84. The summed E-state index contributed by atoms with van der Waals surface area (Å²) in [5.74, 6) is -1.91. The standard InChI is InChI=1S/C18H22N4O5/c1-26-14-4-2-3-13(11-14)22-17(24)15(16(23)20-18(22)25)12-19-5-6-21-7-9-27-10-8-21/h2-4,11-12,15H,5-10H2,1H3,(H,20,23,25)/p+1/t15-/m0/s1. The van der Waals surface area contributed by atoms with Crippen molar-refractivity contribution >= 4 is 29.7 Å². The number of carbonyl (C=O) groups is 3. The van der Waals surface area contributed by atoms with Gasteiger partial charge in [0.2, 0.25) is 5.91 Å². The molecule has 144 valence electrons. The molecular formula is C18H23N4O5+. The molecule has 2 fully saturated rings. The molecule has 3 rings (SSSR count). The number of rotatable bonds is 6. The van der Waals surface area contributed by atoms with Crippen LogP contribution in [0.15, 0.2) is 29.3 Å². The molecule has 2 N–H and O–H groups in total. The molecule has 9 heteroatoms. The van der Waals surface area contributed by atoms with E-state index in [1.54, 1.807) is 24.3 Å². The second-order valence-corrected chi connectivity index (χ2v) is 6.31. The van der Waals surface area contributed by atoms with E-state index < -0.39 is 23.8 Å². The molecule has 2 heterocycles. The molecule has 0 bridgehead atoms. The third kappa shape index (κ3) is 4.50. The van der Waals surface area contributed by atoms with Crippen LogP contribution in [0.2, 0.25) is 0 Å². The van der Waals surface area contributed by atoms with E-state index in [9.17, 15) is 14.4 Å². The van der Waals surface area contributed by atoms with Gasteiger partial charge in [-0.3, -0.25) is 19.9 Å². The second-order valence-electron chi connectivity index (χ2n) is 6.31. The molecule has 4 amide bonds. The minimum Gasteiger partial charge on any atom is -0.497 e. The van der Waals surface area contributed by atoms with Crippen LogP contribution in [0.3, 0.4) is 0 Å². The van der Waals surface area contributed by atoms with Crippen molar-refractivity contribution in [3.05, 3.63) is 24.3 Å². The molecule has 9 nitrogen and oxygen atoms in total. The van der Waals surface area contributed by atoms with Crippen molar-refractivity contribution in [2.75, 3.05) is 51.4 Å². The molecule has 0 spiro atoms. The summed E-state index contributed by atoms with van der Waals surface area (Å²) in [6, 6.07) is 5.75. The summed E-state index contributed by atoms with van der Waals surface area (Å²) in [4.78, 5) is 43.6. The van der Waals surface area contributed by atoms with Crippen molar-refractivity contribution in [3.63, 3.8) is 0 Å². The highest BCUT2D eigenvalue weighted by Crippen LogP contribution is 2.24. The summed E-state index contributed by atoms with van der Waals surface area (Å²) in [5, 5.41) is 2.21. The maximum atomic E-state index is 12.7. The number of nitrogens with zero attached hydrogens (tertiary/aromatic N) is 2. The monoisotopic (exact) mass is 375 g/mol. The molecule has 0 radical (unpaired) electrons. The summed E-state index contributed by atoms with van der Waals surface area (Å²) < 4.78 is 10.4. The molecule has 27 heavy (non-hydrogen) atoms. The van der Waals surface area contributed by atoms with Gasteiger partial charge in [-0.1, -0.05) is 6.07 Å². The van der Waals surface area contributed by atoms with Crippen LogP contribution < -0.4 is 19.9 Å². The van der Waals surface area contributed by atoms with Gasteiger partial charge in [-0.2, -0.15) is 0 Å². The lowest BCUT2D eigenvalue weighted by atomic mass is 10.1. The number of benzene rings is 1. The van der Waals surface area contributed by atoms with Gasteiger partial charge in [0, 0.05) is 12.3 Å². The largest absolute Gasteiger partial charge is 0.497 e. The Kier molecular flexibility index (Phi) is 6.15. The Labute approximate surface area is 156 Å². The number of methoxy groups -OCH3 is 1. The van der Waals surface area contributed by atoms with Crippen molar-refractivity contribution in [1.29, 1.82) is 0 Å². The Morgan fingerprint density at radius 2 is 2.11 bits per heavy atom. The zero-order chi connectivity index (χ0) is 19.2. The summed E-state index contributed by atoms with van der Waals surface area (Å²) in [6.07, 6.45) is 1.33. The highest BCUT2D eigenvalue weighted by Gasteiger charge is 2.40. The molecule has 2 aliphatic rings. The Morgan fingerprint density at radius 1 is 1.33 bits per heavy atom. The molecule has 0 saturated carbocycles. The topological polar surface area (TPSA) is 102 Å². The normalized spacial score (nSPS) is 21.6. The Morgan fingerprint density at radius 3 is 2.85 bits per heavy atom. The number of barbiturate groups is 1. The molecule has 1 aromatic carbocycles. The van der Waals surface area contributed by atoms with E-state index in [1.807, 2.05) is 0 Å². The van der Waals surface area contributed by atoms with Crippen LogP contribution >= 0.6 is 0 Å². The summed E-state index contributed by atoms with van der Waals surface area (Å²) in [5.41, 5.74) is 0.334. The lowest BCUT2D eigenvalue weighted by Crippen LogP contribution is -3.14. The molecule has 0 unspecified atom stereocenters. The van der Waals surface area contributed by atoms with Crippen molar-refractivity contribution < 1.29 is 28.8 Å². The maximum absolute atomic E-state index is 12.7. The van der Waals surface area contributed by atoms with Gasteiger partial charge in [-0.25, -0.2) is 9.69 Å². The minimum absolute atomic E-state index is 0.334. The van der Waals surface area contributed by atoms with Crippen LogP contribution in [0.5, 0.6) is 5.75 Å². The molecule has 0 aromatic heterocycles. The van der Waals surface area contributed by atoms with Gasteiger partial charge in [0.05, 0.1) is 39.1 Å². The number of aliphatic imine (C=N–C) groups is 1. The first-order valence-electron chi connectivity index (χ1n) is 8.84. The Bertz CT molecular complexity index is 745. The maximum Gasteiger partial charge on any atom is 0.335 e. The molecule has 2 saturated heterocycles. The Balaban J connectivity index is 1.67. The summed E-state index contributed by atoms with van der Waals surface area (Å²) in [7, 11) is 1.49. The number of hydrogen-bond acceptors (Lipinski definition) is 6. The number of imide groups is 2. The fraction of sp³-hybridized carbons (Fsp3) is 0.444. The molecule has 2 aliphatic heterocycles. The minimum atomic E-state index is -1.13. The zero-order valence-corrected chi connectivity index (χ0v) is 15.1. The number of anilines is 1. The van der Waals surface area contributed by atoms with Gasteiger partial charge in [-0.15, -0.1) is 0 Å². The fourth-order valence-corrected chi connectivity index (χ4v) is 3.03. The fourth-order valence-electron chi connectivity index (χ4n) is 3.03. The number of nitrogens with one attached hydrogen (secondary N) is 2.